The van der Waals surface area contributed by atoms with Gasteiger partial charge in [-0.2, -0.15) is 0 Å². The minimum absolute atomic E-state index is 0.239. The van der Waals surface area contributed by atoms with Crippen molar-refractivity contribution >= 4 is 33.9 Å². The molecular formula is C18H18N6OS. The van der Waals surface area contributed by atoms with Crippen LogP contribution in [0.15, 0.2) is 54.2 Å². The fourth-order valence-corrected chi connectivity index (χ4v) is 3.41. The van der Waals surface area contributed by atoms with E-state index in [2.05, 4.69) is 55.0 Å². The highest BCUT2D eigenvalue weighted by Crippen LogP contribution is 2.21. The monoisotopic (exact) mass is 366 g/mol. The summed E-state index contributed by atoms with van der Waals surface area (Å²) >= 11 is 1.28. The van der Waals surface area contributed by atoms with E-state index in [0.717, 1.165) is 25.3 Å². The van der Waals surface area contributed by atoms with Crippen molar-refractivity contribution < 1.29 is 4.79 Å². The molecule has 7 nitrogen and oxygen atoms in total. The quantitative estimate of drug-likeness (QED) is 0.722. The third-order valence-corrected chi connectivity index (χ3v) is 4.87. The molecule has 0 spiro atoms. The molecule has 1 atom stereocenters. The molecule has 0 aliphatic carbocycles. The van der Waals surface area contributed by atoms with Gasteiger partial charge in [-0.15, -0.1) is 10.2 Å². The highest BCUT2D eigenvalue weighted by atomic mass is 32.1. The van der Waals surface area contributed by atoms with E-state index in [1.54, 1.807) is 17.8 Å². The summed E-state index contributed by atoms with van der Waals surface area (Å²) in [6.07, 6.45) is 2.62. The summed E-state index contributed by atoms with van der Waals surface area (Å²) in [6, 6.07) is 14.3. The number of carbonyl (C=O) groups excluding carboxylic acids is 1. The number of amides is 1. The minimum atomic E-state index is -0.239. The van der Waals surface area contributed by atoms with E-state index in [0.29, 0.717) is 16.7 Å². The summed E-state index contributed by atoms with van der Waals surface area (Å²) in [6.45, 7) is 1.95. The molecule has 1 fully saturated rings. The van der Waals surface area contributed by atoms with Gasteiger partial charge in [0.1, 0.15) is 11.3 Å². The summed E-state index contributed by atoms with van der Waals surface area (Å²) in [5.41, 5.74) is 3.30. The minimum Gasteiger partial charge on any atom is -0.369 e. The molecule has 0 radical (unpaired) electrons. The van der Waals surface area contributed by atoms with E-state index in [-0.39, 0.29) is 5.91 Å². The highest BCUT2D eigenvalue weighted by molar-refractivity contribution is 7.13. The van der Waals surface area contributed by atoms with Crippen molar-refractivity contribution in [1.82, 2.24) is 15.2 Å². The molecule has 2 N–H and O–H groups in total. The number of aromatic nitrogens is 3. The van der Waals surface area contributed by atoms with Crippen LogP contribution in [-0.2, 0) is 0 Å². The molecule has 1 aliphatic rings. The molecular weight excluding hydrogens is 348 g/mol. The van der Waals surface area contributed by atoms with Gasteiger partial charge in [0.15, 0.2) is 0 Å². The van der Waals surface area contributed by atoms with Gasteiger partial charge < -0.3 is 10.2 Å². The van der Waals surface area contributed by atoms with Crippen LogP contribution in [0.25, 0.3) is 0 Å². The van der Waals surface area contributed by atoms with E-state index in [1.165, 1.54) is 17.0 Å². The Morgan fingerprint density at radius 1 is 1.19 bits per heavy atom. The van der Waals surface area contributed by atoms with E-state index >= 15 is 0 Å². The summed E-state index contributed by atoms with van der Waals surface area (Å²) in [5, 5.41) is 14.1. The van der Waals surface area contributed by atoms with E-state index in [9.17, 15) is 4.79 Å². The maximum Gasteiger partial charge on any atom is 0.259 e. The molecule has 2 aromatic heterocycles. The van der Waals surface area contributed by atoms with Crippen LogP contribution in [0.4, 0.5) is 16.6 Å². The molecule has 1 saturated heterocycles. The van der Waals surface area contributed by atoms with Crippen molar-refractivity contribution in [3.8, 4) is 0 Å². The average Bonchev–Trinajstić information content (AvgIpc) is 3.35. The second-order valence-electron chi connectivity index (χ2n) is 6.04. The van der Waals surface area contributed by atoms with E-state index < -0.39 is 0 Å². The molecule has 1 aromatic carbocycles. The average molecular weight is 366 g/mol. The molecule has 26 heavy (non-hydrogen) atoms. The molecule has 1 amide bonds. The summed E-state index contributed by atoms with van der Waals surface area (Å²) in [7, 11) is 0. The fourth-order valence-electron chi connectivity index (χ4n) is 2.97. The number of para-hydroxylation sites is 1. The zero-order valence-corrected chi connectivity index (χ0v) is 14.8. The normalized spacial score (nSPS) is 16.5. The lowest BCUT2D eigenvalue weighted by atomic mass is 10.2. The molecule has 1 aliphatic heterocycles. The largest absolute Gasteiger partial charge is 0.369 e. The summed E-state index contributed by atoms with van der Waals surface area (Å²) in [4.78, 5) is 18.9. The van der Waals surface area contributed by atoms with Gasteiger partial charge in [0.2, 0.25) is 5.13 Å². The number of hydrogen-bond acceptors (Lipinski definition) is 7. The Labute approximate surface area is 155 Å². The van der Waals surface area contributed by atoms with Crippen LogP contribution >= 0.6 is 11.3 Å². The molecule has 132 valence electrons. The number of hydrogen-bond donors (Lipinski definition) is 2. The van der Waals surface area contributed by atoms with Crippen LogP contribution in [0.1, 0.15) is 16.8 Å². The van der Waals surface area contributed by atoms with Crippen molar-refractivity contribution in [2.45, 2.75) is 12.5 Å². The van der Waals surface area contributed by atoms with Gasteiger partial charge in [-0.3, -0.25) is 10.1 Å². The van der Waals surface area contributed by atoms with Crippen molar-refractivity contribution in [2.75, 3.05) is 28.6 Å². The first-order valence-corrected chi connectivity index (χ1v) is 9.26. The predicted octanol–water partition coefficient (Wildman–Crippen LogP) is 2.88. The van der Waals surface area contributed by atoms with Gasteiger partial charge in [-0.1, -0.05) is 29.5 Å². The van der Waals surface area contributed by atoms with Crippen molar-refractivity contribution in [3.63, 3.8) is 0 Å². The first-order valence-electron chi connectivity index (χ1n) is 8.38. The zero-order chi connectivity index (χ0) is 17.8. The Morgan fingerprint density at radius 3 is 2.81 bits per heavy atom. The zero-order valence-electron chi connectivity index (χ0n) is 14.0. The Balaban J connectivity index is 1.34. The second kappa shape index (κ2) is 7.49. The lowest BCUT2D eigenvalue weighted by Crippen LogP contribution is -2.26. The van der Waals surface area contributed by atoms with Crippen molar-refractivity contribution in [1.29, 1.82) is 0 Å². The van der Waals surface area contributed by atoms with Crippen LogP contribution in [0.2, 0.25) is 0 Å². The molecule has 1 unspecified atom stereocenters. The molecule has 4 rings (SSSR count). The first kappa shape index (κ1) is 16.5. The van der Waals surface area contributed by atoms with Crippen molar-refractivity contribution in [2.24, 2.45) is 0 Å². The van der Waals surface area contributed by atoms with Gasteiger partial charge in [0, 0.05) is 31.0 Å². The molecule has 3 heterocycles. The van der Waals surface area contributed by atoms with Crippen molar-refractivity contribution in [3.05, 3.63) is 59.7 Å². The van der Waals surface area contributed by atoms with Crippen LogP contribution < -0.4 is 15.5 Å². The van der Waals surface area contributed by atoms with E-state index in [4.69, 9.17) is 0 Å². The van der Waals surface area contributed by atoms with Gasteiger partial charge in [-0.25, -0.2) is 4.98 Å². The summed E-state index contributed by atoms with van der Waals surface area (Å²) < 4.78 is 0. The number of benzene rings is 1. The maximum atomic E-state index is 12.1. The smallest absolute Gasteiger partial charge is 0.259 e. The number of pyridine rings is 1. The molecule has 0 bridgehead atoms. The number of nitrogens with zero attached hydrogens (tertiary/aromatic N) is 4. The van der Waals surface area contributed by atoms with Gasteiger partial charge >= 0.3 is 0 Å². The molecule has 8 heteroatoms. The van der Waals surface area contributed by atoms with Crippen LogP contribution in [0.3, 0.4) is 0 Å². The third-order valence-electron chi connectivity index (χ3n) is 4.27. The fraction of sp³-hybridized carbons (Fsp3) is 0.222. The number of carbonyl (C=O) groups is 1. The van der Waals surface area contributed by atoms with Crippen LogP contribution in [-0.4, -0.2) is 40.2 Å². The Morgan fingerprint density at radius 2 is 2.08 bits per heavy atom. The Bertz CT molecular complexity index is 853. The number of rotatable bonds is 5. The second-order valence-corrected chi connectivity index (χ2v) is 6.87. The first-order chi connectivity index (χ1) is 12.8. The Hall–Kier alpha value is -3.00. The lowest BCUT2D eigenvalue weighted by Gasteiger charge is -2.19. The lowest BCUT2D eigenvalue weighted by molar-refractivity contribution is 0.102. The van der Waals surface area contributed by atoms with Gasteiger partial charge in [0.05, 0.1) is 5.56 Å². The predicted molar refractivity (Wildman–Crippen MR) is 103 cm³/mol. The van der Waals surface area contributed by atoms with Crippen LogP contribution in [0, 0.1) is 0 Å². The van der Waals surface area contributed by atoms with E-state index in [1.807, 2.05) is 12.1 Å². The standard InChI is InChI=1S/C18H18N6OS/c25-17(22-18-23-20-12-26-18)13-6-7-16(19-10-13)21-14-8-9-24(11-14)15-4-2-1-3-5-15/h1-7,10,12,14H,8-9,11H2,(H,19,21)(H,22,23,25). The number of anilines is 3. The molecule has 3 aromatic rings. The van der Waals surface area contributed by atoms with Gasteiger partial charge in [0.25, 0.3) is 5.91 Å². The summed E-state index contributed by atoms with van der Waals surface area (Å²) in [5.74, 6) is 0.536. The Kier molecular flexibility index (Phi) is 4.74. The molecule has 0 saturated carbocycles. The van der Waals surface area contributed by atoms with Crippen LogP contribution in [0.5, 0.6) is 0 Å². The van der Waals surface area contributed by atoms with Gasteiger partial charge in [-0.05, 0) is 30.7 Å². The SMILES string of the molecule is O=C(Nc1nncs1)c1ccc(NC2CCN(c3ccccc3)C2)nc1. The third kappa shape index (κ3) is 3.80. The highest BCUT2D eigenvalue weighted by Gasteiger charge is 2.22. The maximum absolute atomic E-state index is 12.1. The topological polar surface area (TPSA) is 83.0 Å². The number of nitrogens with one attached hydrogen (secondary N) is 2.